The van der Waals surface area contributed by atoms with Gasteiger partial charge in [0.25, 0.3) is 0 Å². The van der Waals surface area contributed by atoms with E-state index in [0.29, 0.717) is 11.6 Å². The van der Waals surface area contributed by atoms with Crippen LogP contribution in [0.1, 0.15) is 17.7 Å². The highest BCUT2D eigenvalue weighted by Gasteiger charge is 2.29. The first-order valence-electron chi connectivity index (χ1n) is 8.72. The minimum Gasteiger partial charge on any atom is -0.355 e. The van der Waals surface area contributed by atoms with Crippen molar-refractivity contribution in [3.05, 3.63) is 54.0 Å². The van der Waals surface area contributed by atoms with Crippen molar-refractivity contribution in [1.82, 2.24) is 15.0 Å². The summed E-state index contributed by atoms with van der Waals surface area (Å²) < 4.78 is 0. The summed E-state index contributed by atoms with van der Waals surface area (Å²) >= 11 is 0. The number of aryl methyl sites for hydroxylation is 1. The molecule has 1 atom stereocenters. The number of nitriles is 1. The number of rotatable bonds is 3. The summed E-state index contributed by atoms with van der Waals surface area (Å²) in [6.45, 7) is 3.66. The first-order chi connectivity index (χ1) is 12.7. The molecule has 0 aliphatic carbocycles. The molecule has 0 amide bonds. The highest BCUT2D eigenvalue weighted by Crippen LogP contribution is 2.28. The summed E-state index contributed by atoms with van der Waals surface area (Å²) in [7, 11) is 2.06. The molecule has 0 saturated carbocycles. The summed E-state index contributed by atoms with van der Waals surface area (Å²) in [6.07, 6.45) is 2.60. The van der Waals surface area contributed by atoms with Crippen LogP contribution in [-0.2, 0) is 0 Å². The number of hydrogen-bond donors (Lipinski definition) is 0. The van der Waals surface area contributed by atoms with E-state index in [2.05, 4.69) is 32.9 Å². The number of aromatic nitrogens is 3. The molecule has 26 heavy (non-hydrogen) atoms. The van der Waals surface area contributed by atoms with E-state index in [1.54, 1.807) is 6.33 Å². The van der Waals surface area contributed by atoms with E-state index in [0.717, 1.165) is 47.7 Å². The van der Waals surface area contributed by atoms with E-state index in [9.17, 15) is 5.26 Å². The molecule has 1 aromatic carbocycles. The predicted octanol–water partition coefficient (Wildman–Crippen LogP) is 2.92. The van der Waals surface area contributed by atoms with Crippen LogP contribution in [0.15, 0.2) is 42.7 Å². The average molecular weight is 344 g/mol. The van der Waals surface area contributed by atoms with Gasteiger partial charge in [-0.3, -0.25) is 0 Å². The fraction of sp³-hybridized carbons (Fsp3) is 0.300. The van der Waals surface area contributed by atoms with Crippen LogP contribution < -0.4 is 9.80 Å². The average Bonchev–Trinajstić information content (AvgIpc) is 3.16. The Balaban J connectivity index is 1.61. The molecule has 4 rings (SSSR count). The van der Waals surface area contributed by atoms with Crippen LogP contribution in [0.25, 0.3) is 10.9 Å². The molecule has 6 heteroatoms. The smallest absolute Gasteiger partial charge is 0.147 e. The van der Waals surface area contributed by atoms with Crippen molar-refractivity contribution in [1.29, 1.82) is 5.26 Å². The SMILES string of the molecule is Cc1cc(N(C)C2CCN(c3nc4ccccc4cc3C#N)C2)ncn1. The highest BCUT2D eigenvalue weighted by molar-refractivity contribution is 5.83. The minimum atomic E-state index is 0.323. The van der Waals surface area contributed by atoms with Crippen LogP contribution in [0.4, 0.5) is 11.6 Å². The van der Waals surface area contributed by atoms with Crippen LogP contribution in [0, 0.1) is 18.3 Å². The molecule has 1 unspecified atom stereocenters. The van der Waals surface area contributed by atoms with Gasteiger partial charge in [-0.05, 0) is 25.5 Å². The van der Waals surface area contributed by atoms with E-state index >= 15 is 0 Å². The summed E-state index contributed by atoms with van der Waals surface area (Å²) in [5.74, 6) is 1.71. The topological polar surface area (TPSA) is 68.9 Å². The molecule has 1 saturated heterocycles. The maximum atomic E-state index is 9.58. The molecule has 3 heterocycles. The van der Waals surface area contributed by atoms with Gasteiger partial charge in [-0.25, -0.2) is 15.0 Å². The number of pyridine rings is 1. The molecule has 6 nitrogen and oxygen atoms in total. The largest absolute Gasteiger partial charge is 0.355 e. The van der Waals surface area contributed by atoms with Gasteiger partial charge < -0.3 is 9.80 Å². The van der Waals surface area contributed by atoms with Crippen LogP contribution in [-0.4, -0.2) is 41.1 Å². The lowest BCUT2D eigenvalue weighted by Crippen LogP contribution is -2.35. The van der Waals surface area contributed by atoms with Gasteiger partial charge in [-0.1, -0.05) is 18.2 Å². The molecule has 130 valence electrons. The third-order valence-corrected chi connectivity index (χ3v) is 4.99. The third-order valence-electron chi connectivity index (χ3n) is 4.99. The number of nitrogens with zero attached hydrogens (tertiary/aromatic N) is 6. The lowest BCUT2D eigenvalue weighted by molar-refractivity contribution is 0.682. The van der Waals surface area contributed by atoms with Crippen LogP contribution in [0.5, 0.6) is 0 Å². The Morgan fingerprint density at radius 1 is 1.23 bits per heavy atom. The van der Waals surface area contributed by atoms with Gasteiger partial charge in [-0.15, -0.1) is 0 Å². The Bertz CT molecular complexity index is 993. The molecule has 1 fully saturated rings. The van der Waals surface area contributed by atoms with Gasteiger partial charge in [0.1, 0.15) is 24.0 Å². The Kier molecular flexibility index (Phi) is 4.13. The minimum absolute atomic E-state index is 0.323. The van der Waals surface area contributed by atoms with Crippen molar-refractivity contribution in [2.75, 3.05) is 29.9 Å². The van der Waals surface area contributed by atoms with Crippen LogP contribution in [0.3, 0.4) is 0 Å². The van der Waals surface area contributed by atoms with Crippen molar-refractivity contribution in [2.45, 2.75) is 19.4 Å². The summed E-state index contributed by atoms with van der Waals surface area (Å²) in [6, 6.07) is 14.5. The number of anilines is 2. The van der Waals surface area contributed by atoms with Gasteiger partial charge in [0, 0.05) is 43.3 Å². The van der Waals surface area contributed by atoms with Crippen LogP contribution >= 0.6 is 0 Å². The molecule has 0 N–H and O–H groups in total. The molecule has 0 spiro atoms. The van der Waals surface area contributed by atoms with Gasteiger partial charge in [0.2, 0.25) is 0 Å². The normalized spacial score (nSPS) is 16.7. The quantitative estimate of drug-likeness (QED) is 0.728. The second-order valence-corrected chi connectivity index (χ2v) is 6.68. The van der Waals surface area contributed by atoms with Crippen molar-refractivity contribution in [3.8, 4) is 6.07 Å². The third kappa shape index (κ3) is 2.93. The van der Waals surface area contributed by atoms with Crippen molar-refractivity contribution < 1.29 is 0 Å². The molecule has 1 aliphatic rings. The highest BCUT2D eigenvalue weighted by atomic mass is 15.3. The molecular formula is C20H20N6. The van der Waals surface area contributed by atoms with Gasteiger partial charge >= 0.3 is 0 Å². The molecule has 1 aliphatic heterocycles. The Morgan fingerprint density at radius 3 is 2.88 bits per heavy atom. The van der Waals surface area contributed by atoms with Crippen molar-refractivity contribution >= 4 is 22.5 Å². The van der Waals surface area contributed by atoms with Gasteiger partial charge in [-0.2, -0.15) is 5.26 Å². The molecular weight excluding hydrogens is 324 g/mol. The Morgan fingerprint density at radius 2 is 2.08 bits per heavy atom. The zero-order valence-corrected chi connectivity index (χ0v) is 14.9. The molecule has 0 radical (unpaired) electrons. The van der Waals surface area contributed by atoms with E-state index < -0.39 is 0 Å². The van der Waals surface area contributed by atoms with Gasteiger partial charge in [0.15, 0.2) is 0 Å². The van der Waals surface area contributed by atoms with E-state index in [4.69, 9.17) is 4.98 Å². The number of benzene rings is 1. The van der Waals surface area contributed by atoms with E-state index in [1.165, 1.54) is 0 Å². The first-order valence-corrected chi connectivity index (χ1v) is 8.72. The number of para-hydroxylation sites is 1. The summed E-state index contributed by atoms with van der Waals surface area (Å²) in [4.78, 5) is 17.7. The number of likely N-dealkylation sites (N-methyl/N-ethyl adjacent to an activating group) is 1. The molecule has 3 aromatic rings. The molecule has 2 aromatic heterocycles. The monoisotopic (exact) mass is 344 g/mol. The fourth-order valence-electron chi connectivity index (χ4n) is 3.50. The Labute approximate surface area is 152 Å². The van der Waals surface area contributed by atoms with Crippen molar-refractivity contribution in [3.63, 3.8) is 0 Å². The van der Waals surface area contributed by atoms with E-state index in [-0.39, 0.29) is 0 Å². The lowest BCUT2D eigenvalue weighted by atomic mass is 10.1. The number of hydrogen-bond acceptors (Lipinski definition) is 6. The number of fused-ring (bicyclic) bond motifs is 1. The second-order valence-electron chi connectivity index (χ2n) is 6.68. The predicted molar refractivity (Wildman–Crippen MR) is 102 cm³/mol. The van der Waals surface area contributed by atoms with E-state index in [1.807, 2.05) is 43.3 Å². The maximum Gasteiger partial charge on any atom is 0.147 e. The first kappa shape index (κ1) is 16.3. The zero-order valence-electron chi connectivity index (χ0n) is 14.9. The second kappa shape index (κ2) is 6.60. The van der Waals surface area contributed by atoms with Crippen molar-refractivity contribution in [2.24, 2.45) is 0 Å². The Hall–Kier alpha value is -3.20. The molecule has 0 bridgehead atoms. The fourth-order valence-corrected chi connectivity index (χ4v) is 3.50. The summed E-state index contributed by atoms with van der Waals surface area (Å²) in [5, 5.41) is 10.6. The lowest BCUT2D eigenvalue weighted by Gasteiger charge is -2.26. The zero-order chi connectivity index (χ0) is 18.1. The van der Waals surface area contributed by atoms with Gasteiger partial charge in [0.05, 0.1) is 11.1 Å². The summed E-state index contributed by atoms with van der Waals surface area (Å²) in [5.41, 5.74) is 2.51. The standard InChI is InChI=1S/C20H20N6/c1-14-9-19(23-13-22-14)25(2)17-7-8-26(12-17)20-16(11-21)10-15-5-3-4-6-18(15)24-20/h3-6,9-10,13,17H,7-8,12H2,1-2H3. The van der Waals surface area contributed by atoms with Crippen LogP contribution in [0.2, 0.25) is 0 Å². The maximum absolute atomic E-state index is 9.58.